The second-order valence-corrected chi connectivity index (χ2v) is 1.79. The van der Waals surface area contributed by atoms with E-state index in [1.165, 1.54) is 12.4 Å². The van der Waals surface area contributed by atoms with Crippen LogP contribution in [0.5, 0.6) is 0 Å². The van der Waals surface area contributed by atoms with Crippen molar-refractivity contribution in [2.75, 3.05) is 0 Å². The van der Waals surface area contributed by atoms with Crippen LogP contribution in [0.3, 0.4) is 0 Å². The average Bonchev–Trinajstić information content (AvgIpc) is 2.13. The maximum Gasteiger partial charge on any atom is 0.317 e. The highest BCUT2D eigenvalue weighted by atomic mass is 16.6. The van der Waals surface area contributed by atoms with Gasteiger partial charge in [-0.25, -0.2) is 0 Å². The summed E-state index contributed by atoms with van der Waals surface area (Å²) in [5.74, 6) is 0. The molecule has 0 spiro atoms. The van der Waals surface area contributed by atoms with Crippen LogP contribution < -0.4 is 5.43 Å². The largest absolute Gasteiger partial charge is 0.317 e. The summed E-state index contributed by atoms with van der Waals surface area (Å²) < 4.78 is 0. The lowest BCUT2D eigenvalue weighted by Gasteiger charge is -1.80. The molecule has 11 heavy (non-hydrogen) atoms. The molecule has 1 rings (SSSR count). The molecule has 0 saturated carbocycles. The van der Waals surface area contributed by atoms with Gasteiger partial charge >= 0.3 is 5.69 Å². The van der Waals surface area contributed by atoms with E-state index in [0.717, 1.165) is 12.1 Å². The van der Waals surface area contributed by atoms with Gasteiger partial charge in [0.2, 0.25) is 0 Å². The highest BCUT2D eigenvalue weighted by Crippen LogP contribution is 1.97. The second kappa shape index (κ2) is 2.87. The van der Waals surface area contributed by atoms with E-state index in [0.29, 0.717) is 0 Å². The van der Waals surface area contributed by atoms with Crippen molar-refractivity contribution < 1.29 is 4.92 Å². The Morgan fingerprint density at radius 1 is 1.36 bits per heavy atom. The molecule has 0 fully saturated rings. The van der Waals surface area contributed by atoms with Crippen molar-refractivity contribution in [3.05, 3.63) is 44.9 Å². The molecular formula is C6H4N2O3. The summed E-state index contributed by atoms with van der Waals surface area (Å²) in [6.07, 6.45) is 2.43. The van der Waals surface area contributed by atoms with Gasteiger partial charge in [-0.1, -0.05) is 0 Å². The lowest BCUT2D eigenvalue weighted by Crippen LogP contribution is -2.02. The lowest BCUT2D eigenvalue weighted by atomic mass is 10.4. The lowest BCUT2D eigenvalue weighted by molar-refractivity contribution is -0.385. The van der Waals surface area contributed by atoms with Gasteiger partial charge in [-0.3, -0.25) is 19.9 Å². The molecule has 0 unspecified atom stereocenters. The van der Waals surface area contributed by atoms with E-state index in [1.54, 1.807) is 0 Å². The summed E-state index contributed by atoms with van der Waals surface area (Å²) in [4.78, 5) is 23.7. The van der Waals surface area contributed by atoms with Gasteiger partial charge in [0.15, 0.2) is 0 Å². The van der Waals surface area contributed by atoms with Crippen molar-refractivity contribution in [1.29, 1.82) is 0 Å². The minimum absolute atomic E-state index is 0.456. The van der Waals surface area contributed by atoms with Crippen molar-refractivity contribution in [3.8, 4) is 0 Å². The fraction of sp³-hybridized carbons (Fsp3) is 0. The summed E-state index contributed by atoms with van der Waals surface area (Å²) in [7, 11) is 0. The van der Waals surface area contributed by atoms with Crippen LogP contribution in [0, 0.1) is 10.1 Å². The van der Waals surface area contributed by atoms with Gasteiger partial charge in [0.25, 0.3) is 5.43 Å². The van der Waals surface area contributed by atoms with Crippen LogP contribution in [-0.2, 0) is 0 Å². The molecule has 0 saturated heterocycles. The molecule has 1 heterocycles. The Kier molecular flexibility index (Phi) is 1.91. The molecular weight excluding hydrogens is 148 g/mol. The number of rotatable bonds is 1. The van der Waals surface area contributed by atoms with Gasteiger partial charge in [-0.2, -0.15) is 0 Å². The number of hydrogen-bond donors (Lipinski definition) is 0. The zero-order chi connectivity index (χ0) is 8.27. The van der Waals surface area contributed by atoms with E-state index in [-0.39, 0.29) is 0 Å². The minimum Gasteiger partial charge on any atom is -0.282 e. The molecule has 1 aromatic rings. The molecule has 0 bridgehead atoms. The van der Waals surface area contributed by atoms with E-state index >= 15 is 0 Å². The first-order valence-corrected chi connectivity index (χ1v) is 2.80. The van der Waals surface area contributed by atoms with Crippen LogP contribution in [0.1, 0.15) is 0 Å². The van der Waals surface area contributed by atoms with Gasteiger partial charge in [-0.05, 0) is 0 Å². The number of nitrogens with zero attached hydrogens (tertiary/aromatic N) is 2. The summed E-state index contributed by atoms with van der Waals surface area (Å²) in [5, 5.41) is 10.1. The second-order valence-electron chi connectivity index (χ2n) is 1.79. The first-order valence-electron chi connectivity index (χ1n) is 2.80. The van der Waals surface area contributed by atoms with E-state index < -0.39 is 16.0 Å². The Balaban J connectivity index is 3.41. The van der Waals surface area contributed by atoms with E-state index in [1.807, 2.05) is 0 Å². The van der Waals surface area contributed by atoms with Crippen LogP contribution in [0.4, 0.5) is 5.69 Å². The molecule has 0 radical (unpaired) electrons. The van der Waals surface area contributed by atoms with Gasteiger partial charge < -0.3 is 0 Å². The third kappa shape index (κ3) is 1.57. The maximum absolute atomic E-state index is 10.8. The topological polar surface area (TPSA) is 73.1 Å². The van der Waals surface area contributed by atoms with Crippen molar-refractivity contribution >= 4 is 5.69 Å². The Morgan fingerprint density at radius 3 is 2.64 bits per heavy atom. The molecule has 0 aliphatic carbocycles. The Morgan fingerprint density at radius 2 is 2.00 bits per heavy atom. The average molecular weight is 152 g/mol. The first kappa shape index (κ1) is 7.33. The molecule has 5 heteroatoms. The van der Waals surface area contributed by atoms with Crippen LogP contribution in [0.25, 0.3) is 0 Å². The summed E-state index contributed by atoms with van der Waals surface area (Å²) in [5.41, 5.74) is -1.09. The van der Waals surface area contributed by atoms with E-state index in [2.05, 4.69) is 4.98 Å². The van der Waals surface area contributed by atoms with Crippen molar-refractivity contribution in [2.24, 2.45) is 0 Å². The normalized spacial score (nSPS) is 9.09. The predicted molar refractivity (Wildman–Crippen MR) is 37.2 cm³/mol. The monoisotopic (exact) mass is 152 g/mol. The molecule has 0 aromatic carbocycles. The fourth-order valence-corrected chi connectivity index (χ4v) is 0.592. The third-order valence-electron chi connectivity index (χ3n) is 1.08. The van der Waals surface area contributed by atoms with Crippen LogP contribution in [0.15, 0.2) is 29.3 Å². The van der Waals surface area contributed by atoms with Crippen LogP contribution >= 0.6 is 0 Å². The fourth-order valence-electron chi connectivity index (χ4n) is 0.592. The van der Waals surface area contributed by atoms with E-state index in [4.69, 9.17) is 0 Å². The van der Waals surface area contributed by atoms with E-state index in [9.17, 15) is 14.9 Å². The third-order valence-corrected chi connectivity index (χ3v) is 1.08. The van der Waals surface area contributed by atoms with Crippen molar-refractivity contribution in [2.45, 2.75) is 0 Å². The summed E-state index contributed by atoms with van der Waals surface area (Å²) in [6.45, 7) is 0. The molecule has 0 N–H and O–H groups in total. The molecule has 1 aromatic heterocycles. The number of nitro groups is 1. The first-order chi connectivity index (χ1) is 5.22. The number of hydrogen-bond acceptors (Lipinski definition) is 4. The smallest absolute Gasteiger partial charge is 0.282 e. The maximum atomic E-state index is 10.8. The quantitative estimate of drug-likeness (QED) is 0.430. The standard InChI is InChI=1S/C6H4N2O3/c9-6-2-4-7-3-1-5(6)8(10)11/h1-4H. The van der Waals surface area contributed by atoms with Gasteiger partial charge in [0.1, 0.15) is 0 Å². The highest BCUT2D eigenvalue weighted by Gasteiger charge is 2.06. The summed E-state index contributed by atoms with van der Waals surface area (Å²) in [6, 6.07) is 2.13. The van der Waals surface area contributed by atoms with Gasteiger partial charge in [0, 0.05) is 24.5 Å². The molecule has 0 aliphatic rings. The Hall–Kier alpha value is -1.78. The SMILES string of the molecule is O=c1ccnccc1[N+](=O)[O-]. The molecule has 5 nitrogen and oxygen atoms in total. The molecule has 0 amide bonds. The minimum atomic E-state index is -0.732. The van der Waals surface area contributed by atoms with Gasteiger partial charge in [0.05, 0.1) is 4.92 Å². The van der Waals surface area contributed by atoms with Crippen LogP contribution in [-0.4, -0.2) is 9.91 Å². The zero-order valence-corrected chi connectivity index (χ0v) is 5.43. The zero-order valence-electron chi connectivity index (χ0n) is 5.43. The Bertz CT molecular complexity index is 337. The van der Waals surface area contributed by atoms with Gasteiger partial charge in [-0.15, -0.1) is 0 Å². The molecule has 0 aliphatic heterocycles. The molecule has 0 atom stereocenters. The van der Waals surface area contributed by atoms with Crippen LogP contribution in [0.2, 0.25) is 0 Å². The molecule has 56 valence electrons. The predicted octanol–water partition coefficient (Wildman–Crippen LogP) is 0.350. The van der Waals surface area contributed by atoms with Crippen molar-refractivity contribution in [3.63, 3.8) is 0 Å². The summed E-state index contributed by atoms with van der Waals surface area (Å²) >= 11 is 0. The highest BCUT2D eigenvalue weighted by molar-refractivity contribution is 5.25. The van der Waals surface area contributed by atoms with Crippen molar-refractivity contribution in [1.82, 2.24) is 4.98 Å². The number of aromatic nitrogens is 1. The Labute approximate surface area is 61.5 Å².